The average molecular weight is 288 g/mol. The Bertz CT molecular complexity index is 615. The maximum atomic E-state index is 10.8. The van der Waals surface area contributed by atoms with E-state index in [1.54, 1.807) is 0 Å². The van der Waals surface area contributed by atoms with E-state index in [1.807, 2.05) is 51.1 Å². The zero-order valence-corrected chi connectivity index (χ0v) is 12.5. The molecule has 1 aromatic carbocycles. The molecule has 1 heterocycles. The van der Waals surface area contributed by atoms with E-state index in [9.17, 15) is 4.79 Å². The molecular weight excluding hydrogens is 268 g/mol. The second kappa shape index (κ2) is 6.10. The monoisotopic (exact) mass is 288 g/mol. The lowest BCUT2D eigenvalue weighted by molar-refractivity contribution is -0.138. The first kappa shape index (κ1) is 15.3. The molecule has 0 spiro atoms. The summed E-state index contributed by atoms with van der Waals surface area (Å²) in [4.78, 5) is 10.8. The van der Waals surface area contributed by atoms with Gasteiger partial charge in [-0.2, -0.15) is 0 Å². The molecule has 0 aliphatic carbocycles. The van der Waals surface area contributed by atoms with E-state index in [2.05, 4.69) is 10.5 Å². The Morgan fingerprint density at radius 2 is 2.00 bits per heavy atom. The number of aromatic nitrogens is 1. The molecule has 0 bridgehead atoms. The highest BCUT2D eigenvalue weighted by atomic mass is 16.5. The molecule has 0 saturated carbocycles. The Morgan fingerprint density at radius 3 is 2.62 bits per heavy atom. The van der Waals surface area contributed by atoms with Gasteiger partial charge >= 0.3 is 5.97 Å². The molecule has 0 fully saturated rings. The summed E-state index contributed by atoms with van der Waals surface area (Å²) in [7, 11) is 0. The zero-order chi connectivity index (χ0) is 15.5. The van der Waals surface area contributed by atoms with Gasteiger partial charge in [0, 0.05) is 17.2 Å². The summed E-state index contributed by atoms with van der Waals surface area (Å²) >= 11 is 0. The van der Waals surface area contributed by atoms with Gasteiger partial charge in [-0.1, -0.05) is 35.0 Å². The Hall–Kier alpha value is -2.14. The van der Waals surface area contributed by atoms with Crippen LogP contribution in [0.25, 0.3) is 11.3 Å². The summed E-state index contributed by atoms with van der Waals surface area (Å²) < 4.78 is 5.29. The van der Waals surface area contributed by atoms with Crippen LogP contribution < -0.4 is 5.32 Å². The van der Waals surface area contributed by atoms with Crippen LogP contribution in [0.1, 0.15) is 31.6 Å². The Kier molecular flexibility index (Phi) is 4.43. The van der Waals surface area contributed by atoms with Gasteiger partial charge in [-0.3, -0.25) is 4.79 Å². The van der Waals surface area contributed by atoms with Gasteiger partial charge in [0.05, 0.1) is 13.0 Å². The van der Waals surface area contributed by atoms with Crippen molar-refractivity contribution in [3.63, 3.8) is 0 Å². The van der Waals surface area contributed by atoms with Crippen molar-refractivity contribution in [2.24, 2.45) is 0 Å². The molecule has 0 saturated heterocycles. The highest BCUT2D eigenvalue weighted by Crippen LogP contribution is 2.20. The van der Waals surface area contributed by atoms with Crippen LogP contribution in [0.3, 0.4) is 0 Å². The Balaban J connectivity index is 2.00. The van der Waals surface area contributed by atoms with Crippen LogP contribution in [-0.2, 0) is 11.3 Å². The van der Waals surface area contributed by atoms with Gasteiger partial charge in [-0.05, 0) is 20.8 Å². The van der Waals surface area contributed by atoms with Crippen molar-refractivity contribution < 1.29 is 14.4 Å². The third-order valence-corrected chi connectivity index (χ3v) is 3.24. The third kappa shape index (κ3) is 4.43. The van der Waals surface area contributed by atoms with E-state index in [-0.39, 0.29) is 6.42 Å². The summed E-state index contributed by atoms with van der Waals surface area (Å²) in [6.07, 6.45) is 0.0476. The van der Waals surface area contributed by atoms with Crippen LogP contribution in [-0.4, -0.2) is 21.8 Å². The fourth-order valence-corrected chi connectivity index (χ4v) is 2.02. The van der Waals surface area contributed by atoms with Crippen molar-refractivity contribution in [1.82, 2.24) is 10.5 Å². The zero-order valence-electron chi connectivity index (χ0n) is 12.5. The average Bonchev–Trinajstić information content (AvgIpc) is 2.85. The van der Waals surface area contributed by atoms with E-state index in [0.29, 0.717) is 12.3 Å². The largest absolute Gasteiger partial charge is 0.481 e. The number of carboxylic acid groups (broad SMARTS) is 1. The Labute approximate surface area is 124 Å². The number of benzene rings is 1. The lowest BCUT2D eigenvalue weighted by Crippen LogP contribution is -2.40. The molecule has 0 unspecified atom stereocenters. The predicted molar refractivity (Wildman–Crippen MR) is 79.8 cm³/mol. The van der Waals surface area contributed by atoms with Gasteiger partial charge in [0.2, 0.25) is 0 Å². The number of carbonyl (C=O) groups is 1. The Morgan fingerprint density at radius 1 is 1.33 bits per heavy atom. The third-order valence-electron chi connectivity index (χ3n) is 3.24. The number of nitrogens with zero attached hydrogens (tertiary/aromatic N) is 1. The molecule has 0 atom stereocenters. The molecule has 5 heteroatoms. The second-order valence-electron chi connectivity index (χ2n) is 5.85. The molecule has 5 nitrogen and oxygen atoms in total. The first-order valence-electron chi connectivity index (χ1n) is 6.85. The second-order valence-corrected chi connectivity index (χ2v) is 5.85. The SMILES string of the molecule is Cc1ccc(-c2cc(CNC(C)(C)CC(=O)O)on2)cc1. The smallest absolute Gasteiger partial charge is 0.305 e. The van der Waals surface area contributed by atoms with Crippen molar-refractivity contribution in [3.05, 3.63) is 41.7 Å². The van der Waals surface area contributed by atoms with Crippen LogP contribution in [0.5, 0.6) is 0 Å². The highest BCUT2D eigenvalue weighted by molar-refractivity contribution is 5.68. The van der Waals surface area contributed by atoms with Gasteiger partial charge in [-0.25, -0.2) is 0 Å². The van der Waals surface area contributed by atoms with Gasteiger partial charge in [0.25, 0.3) is 0 Å². The van der Waals surface area contributed by atoms with Crippen molar-refractivity contribution in [2.45, 2.75) is 39.3 Å². The molecule has 21 heavy (non-hydrogen) atoms. The minimum absolute atomic E-state index is 0.0476. The lowest BCUT2D eigenvalue weighted by atomic mass is 10.0. The van der Waals surface area contributed by atoms with Gasteiger partial charge in [-0.15, -0.1) is 0 Å². The fourth-order valence-electron chi connectivity index (χ4n) is 2.02. The van der Waals surface area contributed by atoms with E-state index >= 15 is 0 Å². The summed E-state index contributed by atoms with van der Waals surface area (Å²) in [6.45, 7) is 6.17. The number of hydrogen-bond acceptors (Lipinski definition) is 4. The first-order chi connectivity index (χ1) is 9.85. The molecule has 1 aromatic heterocycles. The van der Waals surface area contributed by atoms with Gasteiger partial charge in [0.1, 0.15) is 5.69 Å². The van der Waals surface area contributed by atoms with Gasteiger partial charge < -0.3 is 14.9 Å². The normalized spacial score (nSPS) is 11.6. The minimum Gasteiger partial charge on any atom is -0.481 e. The van der Waals surface area contributed by atoms with Crippen LogP contribution in [0.15, 0.2) is 34.9 Å². The number of rotatable bonds is 6. The van der Waals surface area contributed by atoms with Crippen LogP contribution >= 0.6 is 0 Å². The molecule has 2 rings (SSSR count). The van der Waals surface area contributed by atoms with Crippen LogP contribution in [0, 0.1) is 6.92 Å². The van der Waals surface area contributed by atoms with Crippen molar-refractivity contribution in [2.75, 3.05) is 0 Å². The molecule has 112 valence electrons. The minimum atomic E-state index is -0.828. The van der Waals surface area contributed by atoms with E-state index < -0.39 is 11.5 Å². The molecule has 2 N–H and O–H groups in total. The molecule has 0 amide bonds. The van der Waals surface area contributed by atoms with Crippen molar-refractivity contribution in [3.8, 4) is 11.3 Å². The summed E-state index contributed by atoms with van der Waals surface area (Å²) in [5.74, 6) is -0.144. The highest BCUT2D eigenvalue weighted by Gasteiger charge is 2.21. The van der Waals surface area contributed by atoms with Gasteiger partial charge in [0.15, 0.2) is 5.76 Å². The summed E-state index contributed by atoms with van der Waals surface area (Å²) in [5, 5.41) is 16.1. The maximum Gasteiger partial charge on any atom is 0.305 e. The van der Waals surface area contributed by atoms with E-state index in [1.165, 1.54) is 5.56 Å². The van der Waals surface area contributed by atoms with Crippen molar-refractivity contribution >= 4 is 5.97 Å². The predicted octanol–water partition coefficient (Wildman–Crippen LogP) is 2.99. The number of aryl methyl sites for hydroxylation is 1. The standard InChI is InChI=1S/C16H20N2O3/c1-11-4-6-12(7-5-11)14-8-13(21-18-14)10-17-16(2,3)9-15(19)20/h4-8,17H,9-10H2,1-3H3,(H,19,20). The molecule has 0 aliphatic heterocycles. The number of aliphatic carboxylic acids is 1. The topological polar surface area (TPSA) is 75.4 Å². The molecular formula is C16H20N2O3. The van der Waals surface area contributed by atoms with Crippen LogP contribution in [0.2, 0.25) is 0 Å². The van der Waals surface area contributed by atoms with Crippen LogP contribution in [0.4, 0.5) is 0 Å². The summed E-state index contributed by atoms with van der Waals surface area (Å²) in [6, 6.07) is 9.92. The first-order valence-corrected chi connectivity index (χ1v) is 6.85. The molecule has 0 radical (unpaired) electrons. The quantitative estimate of drug-likeness (QED) is 0.854. The number of carboxylic acids is 1. The summed E-state index contributed by atoms with van der Waals surface area (Å²) in [5.41, 5.74) is 2.48. The van der Waals surface area contributed by atoms with E-state index in [4.69, 9.17) is 9.63 Å². The number of nitrogens with one attached hydrogen (secondary N) is 1. The molecule has 0 aliphatic rings. The lowest BCUT2D eigenvalue weighted by Gasteiger charge is -2.23. The maximum absolute atomic E-state index is 10.8. The van der Waals surface area contributed by atoms with Crippen molar-refractivity contribution in [1.29, 1.82) is 0 Å². The fraction of sp³-hybridized carbons (Fsp3) is 0.375. The van der Waals surface area contributed by atoms with E-state index in [0.717, 1.165) is 11.3 Å². The number of hydrogen-bond donors (Lipinski definition) is 2. The molecule has 2 aromatic rings.